The van der Waals surface area contributed by atoms with Gasteiger partial charge in [-0.2, -0.15) is 0 Å². The van der Waals surface area contributed by atoms with Gasteiger partial charge in [0.15, 0.2) is 0 Å². The molecule has 120 valence electrons. The quantitative estimate of drug-likeness (QED) is 0.616. The van der Waals surface area contributed by atoms with Crippen LogP contribution in [0.15, 0.2) is 36.4 Å². The number of benzene rings is 2. The lowest BCUT2D eigenvalue weighted by Crippen LogP contribution is -2.22. The van der Waals surface area contributed by atoms with Crippen LogP contribution in [0.3, 0.4) is 0 Å². The number of anilines is 2. The average molecular weight is 355 g/mol. The van der Waals surface area contributed by atoms with Crippen LogP contribution in [-0.2, 0) is 4.79 Å². The number of aromatic carboxylic acids is 1. The maximum Gasteiger partial charge on any atom is 0.339 e. The normalized spacial score (nSPS) is 10.2. The van der Waals surface area contributed by atoms with Crippen molar-refractivity contribution in [1.29, 1.82) is 0 Å². The van der Waals surface area contributed by atoms with Crippen molar-refractivity contribution in [3.05, 3.63) is 52.0 Å². The van der Waals surface area contributed by atoms with Gasteiger partial charge in [-0.3, -0.25) is 4.79 Å². The lowest BCUT2D eigenvalue weighted by atomic mass is 10.2. The van der Waals surface area contributed by atoms with Crippen molar-refractivity contribution < 1.29 is 19.8 Å². The number of halogens is 2. The summed E-state index contributed by atoms with van der Waals surface area (Å²) in [6.07, 6.45) is 0. The molecule has 1 amide bonds. The number of hydrogen-bond donors (Lipinski definition) is 4. The third-order valence-electron chi connectivity index (χ3n) is 2.90. The molecule has 0 saturated carbocycles. The lowest BCUT2D eigenvalue weighted by molar-refractivity contribution is -0.114. The molecule has 0 bridgehead atoms. The third-order valence-corrected chi connectivity index (χ3v) is 3.53. The number of phenols is 1. The molecule has 8 heteroatoms. The molecular formula is C15H12Cl2N2O4. The van der Waals surface area contributed by atoms with Gasteiger partial charge >= 0.3 is 5.97 Å². The van der Waals surface area contributed by atoms with E-state index in [1.807, 2.05) is 0 Å². The van der Waals surface area contributed by atoms with Crippen LogP contribution in [0.25, 0.3) is 0 Å². The highest BCUT2D eigenvalue weighted by Gasteiger charge is 2.12. The zero-order chi connectivity index (χ0) is 17.0. The average Bonchev–Trinajstić information content (AvgIpc) is 2.48. The Kier molecular flexibility index (Phi) is 5.31. The maximum atomic E-state index is 11.9. The zero-order valence-electron chi connectivity index (χ0n) is 11.6. The fourth-order valence-electron chi connectivity index (χ4n) is 1.83. The van der Waals surface area contributed by atoms with Gasteiger partial charge in [-0.15, -0.1) is 0 Å². The molecule has 0 saturated heterocycles. The SMILES string of the molecule is O=C(CNc1c(Cl)cccc1Cl)Nc1ccc(O)c(C(=O)O)c1. The maximum absolute atomic E-state index is 11.9. The zero-order valence-corrected chi connectivity index (χ0v) is 13.1. The molecule has 2 aromatic carbocycles. The highest BCUT2D eigenvalue weighted by atomic mass is 35.5. The van der Waals surface area contributed by atoms with Gasteiger partial charge in [0, 0.05) is 5.69 Å². The summed E-state index contributed by atoms with van der Waals surface area (Å²) in [4.78, 5) is 22.8. The summed E-state index contributed by atoms with van der Waals surface area (Å²) >= 11 is 11.9. The van der Waals surface area contributed by atoms with Crippen LogP contribution in [0.2, 0.25) is 10.0 Å². The van der Waals surface area contributed by atoms with Crippen LogP contribution in [-0.4, -0.2) is 28.6 Å². The molecule has 0 aromatic heterocycles. The second-order valence-electron chi connectivity index (χ2n) is 4.54. The van der Waals surface area contributed by atoms with Gasteiger partial charge in [0.2, 0.25) is 5.91 Å². The second-order valence-corrected chi connectivity index (χ2v) is 5.35. The van der Waals surface area contributed by atoms with Gasteiger partial charge in [-0.05, 0) is 30.3 Å². The number of carboxylic acids is 1. The van der Waals surface area contributed by atoms with Crippen molar-refractivity contribution in [3.8, 4) is 5.75 Å². The molecule has 2 rings (SSSR count). The van der Waals surface area contributed by atoms with E-state index in [0.717, 1.165) is 6.07 Å². The van der Waals surface area contributed by atoms with Gasteiger partial charge < -0.3 is 20.8 Å². The minimum Gasteiger partial charge on any atom is -0.507 e. The molecule has 0 aliphatic rings. The molecule has 0 fully saturated rings. The smallest absolute Gasteiger partial charge is 0.339 e. The molecule has 0 unspecified atom stereocenters. The Morgan fingerprint density at radius 3 is 2.35 bits per heavy atom. The first-order valence-corrected chi connectivity index (χ1v) is 7.18. The monoisotopic (exact) mass is 354 g/mol. The number of nitrogens with one attached hydrogen (secondary N) is 2. The highest BCUT2D eigenvalue weighted by molar-refractivity contribution is 6.39. The van der Waals surface area contributed by atoms with E-state index in [1.165, 1.54) is 12.1 Å². The Balaban J connectivity index is 2.03. The Labute approximate surface area is 141 Å². The van der Waals surface area contributed by atoms with E-state index in [-0.39, 0.29) is 23.5 Å². The number of rotatable bonds is 5. The van der Waals surface area contributed by atoms with Gasteiger partial charge in [0.05, 0.1) is 22.3 Å². The predicted molar refractivity (Wildman–Crippen MR) is 88.6 cm³/mol. The van der Waals surface area contributed by atoms with Crippen LogP contribution in [0.4, 0.5) is 11.4 Å². The number of aromatic hydroxyl groups is 1. The van der Waals surface area contributed by atoms with E-state index in [1.54, 1.807) is 18.2 Å². The summed E-state index contributed by atoms with van der Waals surface area (Å²) in [7, 11) is 0. The Hall–Kier alpha value is -2.44. The van der Waals surface area contributed by atoms with E-state index in [0.29, 0.717) is 15.7 Å². The highest BCUT2D eigenvalue weighted by Crippen LogP contribution is 2.29. The standard InChI is InChI=1S/C15H12Cl2N2O4/c16-10-2-1-3-11(17)14(10)18-7-13(21)19-8-4-5-12(20)9(6-8)15(22)23/h1-6,18,20H,7H2,(H,19,21)(H,22,23). The van der Waals surface area contributed by atoms with Crippen LogP contribution in [0.1, 0.15) is 10.4 Å². The minimum atomic E-state index is -1.29. The number of hydrogen-bond acceptors (Lipinski definition) is 4. The van der Waals surface area contributed by atoms with E-state index in [2.05, 4.69) is 10.6 Å². The molecule has 2 aromatic rings. The van der Waals surface area contributed by atoms with Crippen LogP contribution >= 0.6 is 23.2 Å². The fraction of sp³-hybridized carbons (Fsp3) is 0.0667. The van der Waals surface area contributed by atoms with Crippen molar-refractivity contribution in [2.24, 2.45) is 0 Å². The molecule has 0 spiro atoms. The molecule has 4 N–H and O–H groups in total. The summed E-state index contributed by atoms with van der Waals surface area (Å²) in [6.45, 7) is -0.118. The van der Waals surface area contributed by atoms with Crippen molar-refractivity contribution in [1.82, 2.24) is 0 Å². The van der Waals surface area contributed by atoms with Gasteiger partial charge in [-0.1, -0.05) is 29.3 Å². The lowest BCUT2D eigenvalue weighted by Gasteiger charge is -2.11. The molecule has 0 heterocycles. The Morgan fingerprint density at radius 1 is 1.09 bits per heavy atom. The van der Waals surface area contributed by atoms with Crippen molar-refractivity contribution >= 4 is 46.5 Å². The van der Waals surface area contributed by atoms with Gasteiger partial charge in [0.1, 0.15) is 11.3 Å². The first-order chi connectivity index (χ1) is 10.9. The number of carbonyl (C=O) groups is 2. The van der Waals surface area contributed by atoms with E-state index in [9.17, 15) is 14.7 Å². The van der Waals surface area contributed by atoms with Crippen LogP contribution < -0.4 is 10.6 Å². The van der Waals surface area contributed by atoms with Crippen molar-refractivity contribution in [2.45, 2.75) is 0 Å². The van der Waals surface area contributed by atoms with Crippen LogP contribution in [0.5, 0.6) is 5.75 Å². The summed E-state index contributed by atoms with van der Waals surface area (Å²) in [5, 5.41) is 24.4. The van der Waals surface area contributed by atoms with Crippen molar-refractivity contribution in [3.63, 3.8) is 0 Å². The second kappa shape index (κ2) is 7.21. The number of amides is 1. The minimum absolute atomic E-state index is 0.118. The van der Waals surface area contributed by atoms with Gasteiger partial charge in [0.25, 0.3) is 0 Å². The van der Waals surface area contributed by atoms with E-state index in [4.69, 9.17) is 28.3 Å². The molecule has 0 radical (unpaired) electrons. The topological polar surface area (TPSA) is 98.7 Å². The Morgan fingerprint density at radius 2 is 1.74 bits per heavy atom. The third kappa shape index (κ3) is 4.28. The largest absolute Gasteiger partial charge is 0.507 e. The summed E-state index contributed by atoms with van der Waals surface area (Å²) in [6, 6.07) is 8.69. The number of carboxylic acid groups (broad SMARTS) is 1. The van der Waals surface area contributed by atoms with Gasteiger partial charge in [-0.25, -0.2) is 4.79 Å². The summed E-state index contributed by atoms with van der Waals surface area (Å²) < 4.78 is 0. The molecule has 23 heavy (non-hydrogen) atoms. The first kappa shape index (κ1) is 16.9. The Bertz CT molecular complexity index is 745. The fourth-order valence-corrected chi connectivity index (χ4v) is 2.36. The first-order valence-electron chi connectivity index (χ1n) is 6.42. The van der Waals surface area contributed by atoms with E-state index >= 15 is 0 Å². The predicted octanol–water partition coefficient (Wildman–Crippen LogP) is 3.45. The molecular weight excluding hydrogens is 343 g/mol. The molecule has 6 nitrogen and oxygen atoms in total. The van der Waals surface area contributed by atoms with E-state index < -0.39 is 11.9 Å². The summed E-state index contributed by atoms with van der Waals surface area (Å²) in [5.41, 5.74) is 0.380. The molecule has 0 aliphatic carbocycles. The number of carbonyl (C=O) groups excluding carboxylic acids is 1. The summed E-state index contributed by atoms with van der Waals surface area (Å²) in [5.74, 6) is -2.10. The van der Waals surface area contributed by atoms with Crippen molar-refractivity contribution in [2.75, 3.05) is 17.2 Å². The molecule has 0 aliphatic heterocycles. The molecule has 0 atom stereocenters. The number of para-hydroxylation sites is 1. The van der Waals surface area contributed by atoms with Crippen LogP contribution in [0, 0.1) is 0 Å².